The number of nitrogens with zero attached hydrogens (tertiary/aromatic N) is 4. The Bertz CT molecular complexity index is 2090. The van der Waals surface area contributed by atoms with E-state index in [0.717, 1.165) is 33.6 Å². The van der Waals surface area contributed by atoms with Gasteiger partial charge in [0.05, 0.1) is 46.9 Å². The number of fused-ring (bicyclic) bond motifs is 2. The topological polar surface area (TPSA) is 158 Å². The van der Waals surface area contributed by atoms with Crippen LogP contribution >= 0.6 is 0 Å². The summed E-state index contributed by atoms with van der Waals surface area (Å²) in [6, 6.07) is 11.8. The van der Waals surface area contributed by atoms with Crippen LogP contribution < -0.4 is 10.0 Å². The minimum atomic E-state index is -3.44. The summed E-state index contributed by atoms with van der Waals surface area (Å²) in [5.74, 6) is -0.610. The van der Waals surface area contributed by atoms with Crippen molar-refractivity contribution in [3.05, 3.63) is 78.6 Å². The third-order valence-corrected chi connectivity index (χ3v) is 7.33. The maximum absolute atomic E-state index is 14.6. The fraction of sp³-hybridized carbons (Fsp3) is 0.138. The maximum Gasteiger partial charge on any atom is 0.224 e. The van der Waals surface area contributed by atoms with Crippen LogP contribution in [0.5, 0.6) is 0 Å². The quantitative estimate of drug-likeness (QED) is 0.201. The van der Waals surface area contributed by atoms with E-state index in [4.69, 9.17) is 0 Å². The van der Waals surface area contributed by atoms with Gasteiger partial charge in [0.2, 0.25) is 15.9 Å². The molecular formula is C29H25FN8O3S. The number of nitrogens with one attached hydrogen (secondary N) is 4. The smallest absolute Gasteiger partial charge is 0.224 e. The van der Waals surface area contributed by atoms with Crippen molar-refractivity contribution in [2.24, 2.45) is 0 Å². The van der Waals surface area contributed by atoms with E-state index in [1.807, 2.05) is 24.3 Å². The number of hydrogen-bond acceptors (Lipinski definition) is 7. The lowest BCUT2D eigenvalue weighted by molar-refractivity contribution is -0.115. The molecule has 0 aliphatic heterocycles. The first-order valence-corrected chi connectivity index (χ1v) is 14.9. The minimum absolute atomic E-state index is 0.0447. The van der Waals surface area contributed by atoms with Crippen molar-refractivity contribution in [3.63, 3.8) is 0 Å². The summed E-state index contributed by atoms with van der Waals surface area (Å²) in [5, 5.41) is 11.9. The third kappa shape index (κ3) is 5.60. The Hall–Kier alpha value is -5.01. The molecular weight excluding hydrogens is 559 g/mol. The Labute approximate surface area is 239 Å². The number of halogens is 1. The number of carbonyl (C=O) groups is 1. The fourth-order valence-electron chi connectivity index (χ4n) is 4.69. The van der Waals surface area contributed by atoms with Gasteiger partial charge in [-0.05, 0) is 48.0 Å². The molecule has 42 heavy (non-hydrogen) atoms. The molecule has 4 N–H and O–H groups in total. The zero-order valence-corrected chi connectivity index (χ0v) is 23.4. The molecule has 6 aromatic rings. The lowest BCUT2D eigenvalue weighted by Gasteiger charge is -2.08. The van der Waals surface area contributed by atoms with Gasteiger partial charge in [0, 0.05) is 52.8 Å². The second kappa shape index (κ2) is 10.8. The van der Waals surface area contributed by atoms with Crippen LogP contribution in [0, 0.1) is 5.82 Å². The van der Waals surface area contributed by atoms with Gasteiger partial charge in [-0.25, -0.2) is 17.5 Å². The second-order valence-corrected chi connectivity index (χ2v) is 11.6. The molecule has 5 heterocycles. The average molecular weight is 585 g/mol. The number of sulfonamides is 1. The molecule has 5 aromatic heterocycles. The molecule has 0 spiro atoms. The molecule has 0 atom stereocenters. The Morgan fingerprint density at radius 3 is 2.60 bits per heavy atom. The summed E-state index contributed by atoms with van der Waals surface area (Å²) >= 11 is 0. The number of anilines is 1. The van der Waals surface area contributed by atoms with Crippen LogP contribution in [0.25, 0.3) is 55.7 Å². The number of aromatic nitrogens is 6. The molecule has 0 aliphatic carbocycles. The number of benzene rings is 1. The summed E-state index contributed by atoms with van der Waals surface area (Å²) in [6.07, 6.45) is 7.98. The highest BCUT2D eigenvalue weighted by Crippen LogP contribution is 2.34. The van der Waals surface area contributed by atoms with Gasteiger partial charge in [0.1, 0.15) is 11.5 Å². The molecule has 13 heteroatoms. The molecule has 0 saturated carbocycles. The van der Waals surface area contributed by atoms with Gasteiger partial charge in [-0.2, -0.15) is 5.10 Å². The zero-order chi connectivity index (χ0) is 29.4. The number of aromatic amines is 2. The number of carbonyl (C=O) groups excluding carboxylic acids is 1. The third-order valence-electron chi connectivity index (χ3n) is 6.66. The van der Waals surface area contributed by atoms with Crippen LogP contribution in [0.1, 0.15) is 18.9 Å². The van der Waals surface area contributed by atoms with Gasteiger partial charge in [-0.1, -0.05) is 6.92 Å². The summed E-state index contributed by atoms with van der Waals surface area (Å²) in [6.45, 7) is 1.73. The molecule has 0 aliphatic rings. The SMILES string of the molecule is CCC(=O)Nc1cncc(-c2cc3c(-c4cc5c(-c6cc(F)cc(CNS(C)(=O)=O)c6)nccc5[nH]4)n[nH]c3cn2)c1. The van der Waals surface area contributed by atoms with E-state index < -0.39 is 15.8 Å². The van der Waals surface area contributed by atoms with Crippen molar-refractivity contribution in [1.29, 1.82) is 0 Å². The number of H-pyrrole nitrogens is 2. The molecule has 6 rings (SSSR count). The summed E-state index contributed by atoms with van der Waals surface area (Å²) < 4.78 is 40.0. The van der Waals surface area contributed by atoms with E-state index >= 15 is 0 Å². The van der Waals surface area contributed by atoms with Gasteiger partial charge in [-0.3, -0.25) is 24.8 Å². The average Bonchev–Trinajstić information content (AvgIpc) is 3.59. The Morgan fingerprint density at radius 1 is 0.952 bits per heavy atom. The lowest BCUT2D eigenvalue weighted by atomic mass is 10.0. The molecule has 0 bridgehead atoms. The van der Waals surface area contributed by atoms with Gasteiger partial charge in [-0.15, -0.1) is 0 Å². The monoisotopic (exact) mass is 584 g/mol. The number of hydrogen-bond donors (Lipinski definition) is 4. The first-order chi connectivity index (χ1) is 20.2. The second-order valence-electron chi connectivity index (χ2n) is 9.80. The van der Waals surface area contributed by atoms with Crippen LogP contribution in [0.3, 0.4) is 0 Å². The van der Waals surface area contributed by atoms with Crippen LogP contribution in [0.2, 0.25) is 0 Å². The summed E-state index contributed by atoms with van der Waals surface area (Å²) in [7, 11) is -3.44. The lowest BCUT2D eigenvalue weighted by Crippen LogP contribution is -2.21. The van der Waals surface area contributed by atoms with Crippen LogP contribution in [0.4, 0.5) is 10.1 Å². The Kier molecular flexibility index (Phi) is 6.96. The van der Waals surface area contributed by atoms with E-state index in [2.05, 4.69) is 40.2 Å². The van der Waals surface area contributed by atoms with Crippen LogP contribution in [-0.2, 0) is 21.4 Å². The van der Waals surface area contributed by atoms with Crippen molar-refractivity contribution in [2.45, 2.75) is 19.9 Å². The minimum Gasteiger partial charge on any atom is -0.353 e. The highest BCUT2D eigenvalue weighted by Gasteiger charge is 2.17. The number of amides is 1. The van der Waals surface area contributed by atoms with E-state index in [-0.39, 0.29) is 12.5 Å². The number of pyridine rings is 3. The standard InChI is InChI=1S/C29H25FN8O3S/c1-3-27(39)35-20-9-18(13-31-14-20)24-10-22-26(15-33-24)37-38-29(22)25-11-21-23(36-25)4-5-32-28(21)17-6-16(7-19(30)8-17)12-34-42(2,40)41/h4-11,13-15,34,36H,3,12H2,1-2H3,(H,35,39)(H,37,38). The van der Waals surface area contributed by atoms with Crippen LogP contribution in [-0.4, -0.2) is 50.7 Å². The normalized spacial score (nSPS) is 11.8. The predicted molar refractivity (Wildman–Crippen MR) is 158 cm³/mol. The van der Waals surface area contributed by atoms with Gasteiger partial charge in [0.25, 0.3) is 0 Å². The molecule has 1 amide bonds. The van der Waals surface area contributed by atoms with Gasteiger partial charge < -0.3 is 10.3 Å². The van der Waals surface area contributed by atoms with Crippen LogP contribution in [0.15, 0.2) is 67.3 Å². The molecule has 212 valence electrons. The van der Waals surface area contributed by atoms with Crippen molar-refractivity contribution < 1.29 is 17.6 Å². The Morgan fingerprint density at radius 2 is 1.79 bits per heavy atom. The first kappa shape index (κ1) is 27.2. The van der Waals surface area contributed by atoms with E-state index in [0.29, 0.717) is 46.0 Å². The predicted octanol–water partition coefficient (Wildman–Crippen LogP) is 4.77. The van der Waals surface area contributed by atoms with Crippen molar-refractivity contribution in [1.82, 2.24) is 34.9 Å². The zero-order valence-electron chi connectivity index (χ0n) is 22.6. The van der Waals surface area contributed by atoms with Crippen molar-refractivity contribution in [2.75, 3.05) is 11.6 Å². The molecule has 1 aromatic carbocycles. The molecule has 0 radical (unpaired) electrons. The van der Waals surface area contributed by atoms with E-state index in [9.17, 15) is 17.6 Å². The highest BCUT2D eigenvalue weighted by atomic mass is 32.2. The van der Waals surface area contributed by atoms with Gasteiger partial charge in [0.15, 0.2) is 0 Å². The highest BCUT2D eigenvalue weighted by molar-refractivity contribution is 7.88. The van der Waals surface area contributed by atoms with E-state index in [1.54, 1.807) is 37.8 Å². The first-order valence-electron chi connectivity index (χ1n) is 13.0. The maximum atomic E-state index is 14.6. The molecule has 11 nitrogen and oxygen atoms in total. The summed E-state index contributed by atoms with van der Waals surface area (Å²) in [4.78, 5) is 28.5. The van der Waals surface area contributed by atoms with Crippen molar-refractivity contribution in [3.8, 4) is 33.9 Å². The molecule has 0 fully saturated rings. The molecule has 0 unspecified atom stereocenters. The number of rotatable bonds is 8. The van der Waals surface area contributed by atoms with Crippen molar-refractivity contribution >= 4 is 43.4 Å². The summed E-state index contributed by atoms with van der Waals surface area (Å²) in [5.41, 5.74) is 6.33. The Balaban J connectivity index is 1.39. The molecule has 0 saturated heterocycles. The largest absolute Gasteiger partial charge is 0.353 e. The fourth-order valence-corrected chi connectivity index (χ4v) is 5.12. The van der Waals surface area contributed by atoms with Gasteiger partial charge >= 0.3 is 0 Å². The van der Waals surface area contributed by atoms with E-state index in [1.165, 1.54) is 12.1 Å².